The van der Waals surface area contributed by atoms with Gasteiger partial charge >= 0.3 is 0 Å². The second kappa shape index (κ2) is 8.76. The SMILES string of the molecule is CC(C)=CCC/C(C)=C/[C@@H]1CC(C)=C[C@]2(C=C(C=O)[C@H]3CC(=O)C(C)=C[C@@H]3O2)O1. The number of ether oxygens (including phenoxy) is 2. The zero-order chi connectivity index (χ0) is 21.2. The molecule has 156 valence electrons. The standard InChI is InChI=1S/C25H32O4/c1-16(2)7-6-8-17(3)9-21-10-18(4)13-25(28-21)14-20(15-26)22-12-23(27)19(5)11-24(22)29-25/h7,9,11,13-15,21-22,24H,6,8,10,12H2,1-5H3/b17-9+/t21-,22-,24+,25+/m1/s1. The maximum Gasteiger partial charge on any atom is 0.210 e. The van der Waals surface area contributed by atoms with E-state index >= 15 is 0 Å². The topological polar surface area (TPSA) is 52.6 Å². The van der Waals surface area contributed by atoms with Gasteiger partial charge in [-0.25, -0.2) is 0 Å². The molecule has 2 heterocycles. The zero-order valence-electron chi connectivity index (χ0n) is 18.2. The highest BCUT2D eigenvalue weighted by Crippen LogP contribution is 2.42. The van der Waals surface area contributed by atoms with Crippen LogP contribution in [0.1, 0.15) is 60.3 Å². The maximum atomic E-state index is 12.1. The fraction of sp³-hybridized carbons (Fsp3) is 0.520. The molecule has 4 nitrogen and oxygen atoms in total. The molecular formula is C25H32O4. The van der Waals surface area contributed by atoms with Crippen LogP contribution in [0.5, 0.6) is 0 Å². The molecule has 0 bridgehead atoms. The minimum atomic E-state index is -1.06. The second-order valence-electron chi connectivity index (χ2n) is 8.83. The van der Waals surface area contributed by atoms with Crippen molar-refractivity contribution < 1.29 is 19.1 Å². The van der Waals surface area contributed by atoms with Crippen LogP contribution in [0.25, 0.3) is 0 Å². The fourth-order valence-corrected chi connectivity index (χ4v) is 4.32. The van der Waals surface area contributed by atoms with E-state index in [9.17, 15) is 9.59 Å². The molecule has 0 aromatic carbocycles. The van der Waals surface area contributed by atoms with E-state index < -0.39 is 5.79 Å². The number of hydrogen-bond acceptors (Lipinski definition) is 4. The molecule has 0 amide bonds. The highest BCUT2D eigenvalue weighted by atomic mass is 16.7. The quantitative estimate of drug-likeness (QED) is 0.475. The molecule has 2 aliphatic heterocycles. The first kappa shape index (κ1) is 21.7. The summed E-state index contributed by atoms with van der Waals surface area (Å²) in [7, 11) is 0. The van der Waals surface area contributed by atoms with Gasteiger partial charge in [-0.05, 0) is 83.3 Å². The molecule has 0 radical (unpaired) electrons. The van der Waals surface area contributed by atoms with Gasteiger partial charge in [-0.3, -0.25) is 9.59 Å². The highest BCUT2D eigenvalue weighted by molar-refractivity contribution is 5.97. The summed E-state index contributed by atoms with van der Waals surface area (Å²) in [4.78, 5) is 23.9. The third kappa shape index (κ3) is 5.12. The van der Waals surface area contributed by atoms with Crippen LogP contribution in [0.15, 0.2) is 58.2 Å². The van der Waals surface area contributed by atoms with Crippen LogP contribution in [0, 0.1) is 5.92 Å². The van der Waals surface area contributed by atoms with E-state index in [1.54, 1.807) is 13.0 Å². The van der Waals surface area contributed by atoms with Crippen molar-refractivity contribution in [1.82, 2.24) is 0 Å². The Labute approximate surface area is 174 Å². The van der Waals surface area contributed by atoms with Gasteiger partial charge in [0.05, 0.1) is 12.2 Å². The molecule has 0 fully saturated rings. The van der Waals surface area contributed by atoms with Gasteiger partial charge in [0.1, 0.15) is 6.29 Å². The van der Waals surface area contributed by atoms with Crippen LogP contribution in [-0.2, 0) is 19.1 Å². The van der Waals surface area contributed by atoms with E-state index in [1.807, 2.05) is 12.2 Å². The van der Waals surface area contributed by atoms with E-state index in [-0.39, 0.29) is 23.9 Å². The van der Waals surface area contributed by atoms with Crippen molar-refractivity contribution in [3.63, 3.8) is 0 Å². The Bertz CT molecular complexity index is 835. The average Bonchev–Trinajstić information content (AvgIpc) is 2.61. The lowest BCUT2D eigenvalue weighted by atomic mass is 9.79. The molecule has 29 heavy (non-hydrogen) atoms. The molecule has 4 heteroatoms. The summed E-state index contributed by atoms with van der Waals surface area (Å²) in [5.74, 6) is -1.21. The Hall–Kier alpha value is -2.04. The van der Waals surface area contributed by atoms with Crippen LogP contribution in [-0.4, -0.2) is 30.1 Å². The minimum Gasteiger partial charge on any atom is -0.335 e. The first-order valence-electron chi connectivity index (χ1n) is 10.5. The zero-order valence-corrected chi connectivity index (χ0v) is 18.2. The van der Waals surface area contributed by atoms with Gasteiger partial charge in [0.25, 0.3) is 0 Å². The Morgan fingerprint density at radius 3 is 2.62 bits per heavy atom. The van der Waals surface area contributed by atoms with Crippen LogP contribution in [0.4, 0.5) is 0 Å². The van der Waals surface area contributed by atoms with Crippen LogP contribution >= 0.6 is 0 Å². The summed E-state index contributed by atoms with van der Waals surface area (Å²) in [5.41, 5.74) is 5.06. The molecule has 4 atom stereocenters. The lowest BCUT2D eigenvalue weighted by molar-refractivity contribution is -0.224. The Morgan fingerprint density at radius 1 is 1.17 bits per heavy atom. The normalized spacial score (nSPS) is 32.2. The molecule has 0 saturated heterocycles. The van der Waals surface area contributed by atoms with Gasteiger partial charge in [-0.2, -0.15) is 0 Å². The predicted octanol–water partition coefficient (Wildman–Crippen LogP) is 5.17. The van der Waals surface area contributed by atoms with Gasteiger partial charge in [0.15, 0.2) is 5.78 Å². The number of rotatable bonds is 5. The molecule has 3 aliphatic rings. The molecule has 0 aromatic rings. The Morgan fingerprint density at radius 2 is 1.93 bits per heavy atom. The fourth-order valence-electron chi connectivity index (χ4n) is 4.32. The number of carbonyl (C=O) groups excluding carboxylic acids is 2. The summed E-state index contributed by atoms with van der Waals surface area (Å²) in [6, 6.07) is 0. The highest BCUT2D eigenvalue weighted by Gasteiger charge is 2.45. The lowest BCUT2D eigenvalue weighted by Crippen LogP contribution is -2.48. The average molecular weight is 397 g/mol. The van der Waals surface area contributed by atoms with E-state index in [0.717, 1.165) is 25.5 Å². The van der Waals surface area contributed by atoms with Crippen molar-refractivity contribution >= 4 is 12.1 Å². The smallest absolute Gasteiger partial charge is 0.210 e. The molecular weight excluding hydrogens is 364 g/mol. The van der Waals surface area contributed by atoms with Crippen LogP contribution in [0.2, 0.25) is 0 Å². The van der Waals surface area contributed by atoms with Crippen LogP contribution in [0.3, 0.4) is 0 Å². The van der Waals surface area contributed by atoms with E-state index in [4.69, 9.17) is 9.47 Å². The number of fused-ring (bicyclic) bond motifs is 1. The van der Waals surface area contributed by atoms with Gasteiger partial charge in [-0.15, -0.1) is 0 Å². The largest absolute Gasteiger partial charge is 0.335 e. The van der Waals surface area contributed by atoms with Crippen molar-refractivity contribution in [1.29, 1.82) is 0 Å². The van der Waals surface area contributed by atoms with E-state index in [0.29, 0.717) is 17.6 Å². The van der Waals surface area contributed by atoms with Crippen LogP contribution < -0.4 is 0 Å². The van der Waals surface area contributed by atoms with Crippen molar-refractivity contribution in [2.45, 2.75) is 78.3 Å². The minimum absolute atomic E-state index is 0.0719. The maximum absolute atomic E-state index is 12.1. The summed E-state index contributed by atoms with van der Waals surface area (Å²) >= 11 is 0. The van der Waals surface area contributed by atoms with E-state index in [2.05, 4.69) is 39.8 Å². The third-order valence-electron chi connectivity index (χ3n) is 5.78. The molecule has 3 rings (SSSR count). The number of carbonyl (C=O) groups is 2. The molecule has 0 unspecified atom stereocenters. The Balaban J connectivity index is 1.84. The second-order valence-corrected chi connectivity index (χ2v) is 8.83. The number of Topliss-reactive ketones (excluding diaryl/α,β-unsaturated/α-hetero) is 1. The molecule has 0 N–H and O–H groups in total. The summed E-state index contributed by atoms with van der Waals surface area (Å²) in [6.07, 6.45) is 13.5. The number of ketones is 1. The summed E-state index contributed by atoms with van der Waals surface area (Å²) in [6.45, 7) is 10.2. The van der Waals surface area contributed by atoms with Crippen molar-refractivity contribution in [2.75, 3.05) is 0 Å². The summed E-state index contributed by atoms with van der Waals surface area (Å²) < 4.78 is 12.7. The van der Waals surface area contributed by atoms with E-state index in [1.165, 1.54) is 16.7 Å². The first-order chi connectivity index (χ1) is 13.7. The van der Waals surface area contributed by atoms with Gasteiger partial charge < -0.3 is 9.47 Å². The molecule has 0 aromatic heterocycles. The van der Waals surface area contributed by atoms with Gasteiger partial charge in [0.2, 0.25) is 5.79 Å². The van der Waals surface area contributed by atoms with Gasteiger partial charge in [-0.1, -0.05) is 28.9 Å². The number of aldehydes is 1. The molecule has 0 saturated carbocycles. The Kier molecular flexibility index (Phi) is 6.55. The monoisotopic (exact) mass is 396 g/mol. The third-order valence-corrected chi connectivity index (χ3v) is 5.78. The van der Waals surface area contributed by atoms with Crippen molar-refractivity contribution in [3.05, 3.63) is 58.2 Å². The van der Waals surface area contributed by atoms with Crippen molar-refractivity contribution in [3.8, 4) is 0 Å². The number of hydrogen-bond donors (Lipinski definition) is 0. The van der Waals surface area contributed by atoms with Gasteiger partial charge in [0, 0.05) is 12.3 Å². The summed E-state index contributed by atoms with van der Waals surface area (Å²) in [5, 5.41) is 0. The lowest BCUT2D eigenvalue weighted by Gasteiger charge is -2.44. The molecule has 1 aliphatic carbocycles. The number of allylic oxidation sites excluding steroid dienone is 4. The first-order valence-corrected chi connectivity index (χ1v) is 10.5. The predicted molar refractivity (Wildman–Crippen MR) is 114 cm³/mol. The van der Waals surface area contributed by atoms with Crippen molar-refractivity contribution in [2.24, 2.45) is 5.92 Å². The molecule has 1 spiro atoms.